The molecule has 1 heterocycles. The van der Waals surface area contributed by atoms with Crippen LogP contribution in [0.25, 0.3) is 0 Å². The number of anilines is 1. The van der Waals surface area contributed by atoms with Gasteiger partial charge in [-0.2, -0.15) is 0 Å². The molecule has 1 saturated heterocycles. The molecule has 1 spiro atoms. The van der Waals surface area contributed by atoms with E-state index in [4.69, 9.17) is 0 Å². The van der Waals surface area contributed by atoms with Crippen molar-refractivity contribution in [3.05, 3.63) is 65.7 Å². The van der Waals surface area contributed by atoms with Crippen LogP contribution in [-0.4, -0.2) is 41.5 Å². The van der Waals surface area contributed by atoms with Crippen LogP contribution in [0.5, 0.6) is 0 Å². The normalized spacial score (nSPS) is 17.1. The van der Waals surface area contributed by atoms with Crippen molar-refractivity contribution >= 4 is 23.7 Å². The number of carbonyl (C=O) groups is 3. The summed E-state index contributed by atoms with van der Waals surface area (Å²) in [5.74, 6) is -0.116. The number of rotatable bonds is 7. The second-order valence-corrected chi connectivity index (χ2v) is 8.23. The average molecular weight is 421 g/mol. The highest BCUT2D eigenvalue weighted by molar-refractivity contribution is 6.07. The molecule has 1 aliphatic heterocycles. The average Bonchev–Trinajstić information content (AvgIpc) is 3.33. The molecule has 31 heavy (non-hydrogen) atoms. The van der Waals surface area contributed by atoms with Gasteiger partial charge in [-0.25, -0.2) is 9.59 Å². The molecule has 7 nitrogen and oxygen atoms in total. The first-order valence-electron chi connectivity index (χ1n) is 10.9. The molecule has 0 atom stereocenters. The van der Waals surface area contributed by atoms with Crippen molar-refractivity contribution < 1.29 is 14.4 Å². The van der Waals surface area contributed by atoms with Crippen molar-refractivity contribution in [2.24, 2.45) is 0 Å². The molecule has 1 saturated carbocycles. The van der Waals surface area contributed by atoms with E-state index in [9.17, 15) is 14.4 Å². The van der Waals surface area contributed by atoms with E-state index in [1.807, 2.05) is 42.5 Å². The smallest absolute Gasteiger partial charge is 0.325 e. The van der Waals surface area contributed by atoms with Crippen LogP contribution in [0.2, 0.25) is 0 Å². The monoisotopic (exact) mass is 420 g/mol. The van der Waals surface area contributed by atoms with Gasteiger partial charge in [-0.05, 0) is 42.9 Å². The second-order valence-electron chi connectivity index (χ2n) is 8.23. The van der Waals surface area contributed by atoms with E-state index in [1.54, 1.807) is 0 Å². The largest absolute Gasteiger partial charge is 0.338 e. The summed E-state index contributed by atoms with van der Waals surface area (Å²) in [7, 11) is 0. The molecule has 0 bridgehead atoms. The van der Waals surface area contributed by atoms with E-state index in [0.29, 0.717) is 19.5 Å². The van der Waals surface area contributed by atoms with Gasteiger partial charge in [-0.3, -0.25) is 9.69 Å². The van der Waals surface area contributed by atoms with Gasteiger partial charge in [0.15, 0.2) is 0 Å². The fourth-order valence-electron chi connectivity index (χ4n) is 4.41. The molecule has 1 aliphatic carbocycles. The Labute approximate surface area is 182 Å². The molecule has 0 aromatic heterocycles. The van der Waals surface area contributed by atoms with Crippen molar-refractivity contribution in [3.63, 3.8) is 0 Å². The number of urea groups is 2. The Kier molecular flexibility index (Phi) is 6.21. The van der Waals surface area contributed by atoms with Gasteiger partial charge in [0.25, 0.3) is 5.91 Å². The van der Waals surface area contributed by atoms with Crippen molar-refractivity contribution in [2.45, 2.75) is 44.1 Å². The Hall–Kier alpha value is -3.35. The minimum absolute atomic E-state index is 0.116. The molecule has 2 aromatic carbocycles. The number of nitrogens with zero attached hydrogens (tertiary/aromatic N) is 1. The van der Waals surface area contributed by atoms with E-state index in [0.717, 1.165) is 43.4 Å². The first-order chi connectivity index (χ1) is 15.1. The van der Waals surface area contributed by atoms with Crippen LogP contribution in [0.4, 0.5) is 15.3 Å². The summed E-state index contributed by atoms with van der Waals surface area (Å²) < 4.78 is 0. The molecular formula is C24H28N4O3. The number of carbonyl (C=O) groups excluding carboxylic acids is 3. The highest BCUT2D eigenvalue weighted by atomic mass is 16.2. The SMILES string of the molecule is O=C(NCCCN1C(=O)NC2(CCCC2)C1=O)Nc1ccccc1Cc1ccccc1. The molecule has 0 unspecified atom stereocenters. The highest BCUT2D eigenvalue weighted by Gasteiger charge is 2.51. The lowest BCUT2D eigenvalue weighted by atomic mass is 9.98. The number of para-hydroxylation sites is 1. The summed E-state index contributed by atoms with van der Waals surface area (Å²) in [6.07, 6.45) is 4.61. The van der Waals surface area contributed by atoms with E-state index in [1.165, 1.54) is 10.5 Å². The minimum Gasteiger partial charge on any atom is -0.338 e. The van der Waals surface area contributed by atoms with E-state index in [-0.39, 0.29) is 18.0 Å². The second kappa shape index (κ2) is 9.20. The molecule has 0 radical (unpaired) electrons. The summed E-state index contributed by atoms with van der Waals surface area (Å²) >= 11 is 0. The molecule has 2 aliphatic rings. The lowest BCUT2D eigenvalue weighted by Crippen LogP contribution is -2.44. The minimum atomic E-state index is -0.676. The predicted octanol–water partition coefficient (Wildman–Crippen LogP) is 3.65. The lowest BCUT2D eigenvalue weighted by Gasteiger charge is -2.20. The maximum Gasteiger partial charge on any atom is 0.325 e. The number of imide groups is 1. The van der Waals surface area contributed by atoms with E-state index >= 15 is 0 Å². The summed E-state index contributed by atoms with van der Waals surface area (Å²) in [6, 6.07) is 17.2. The zero-order valence-electron chi connectivity index (χ0n) is 17.5. The van der Waals surface area contributed by atoms with E-state index in [2.05, 4.69) is 28.1 Å². The van der Waals surface area contributed by atoms with Gasteiger partial charge in [0, 0.05) is 18.8 Å². The molecule has 3 N–H and O–H groups in total. The quantitative estimate of drug-likeness (QED) is 0.472. The molecular weight excluding hydrogens is 392 g/mol. The van der Waals surface area contributed by atoms with Crippen LogP contribution in [0.1, 0.15) is 43.2 Å². The zero-order valence-corrected chi connectivity index (χ0v) is 17.5. The molecule has 5 amide bonds. The van der Waals surface area contributed by atoms with E-state index < -0.39 is 5.54 Å². The van der Waals surface area contributed by atoms with Crippen LogP contribution in [-0.2, 0) is 11.2 Å². The van der Waals surface area contributed by atoms with Crippen molar-refractivity contribution in [2.75, 3.05) is 18.4 Å². The van der Waals surface area contributed by atoms with Gasteiger partial charge in [-0.15, -0.1) is 0 Å². The fraction of sp³-hybridized carbons (Fsp3) is 0.375. The van der Waals surface area contributed by atoms with Crippen LogP contribution < -0.4 is 16.0 Å². The van der Waals surface area contributed by atoms with Gasteiger partial charge in [-0.1, -0.05) is 61.4 Å². The number of nitrogens with one attached hydrogen (secondary N) is 3. The standard InChI is InChI=1S/C24H28N4O3/c29-21-24(13-6-7-14-24)27-23(31)28(21)16-8-15-25-22(30)26-20-12-5-4-11-19(20)17-18-9-2-1-3-10-18/h1-5,9-12H,6-8,13-17H2,(H,27,31)(H2,25,26,30). The number of hydrogen-bond acceptors (Lipinski definition) is 3. The fourth-order valence-corrected chi connectivity index (χ4v) is 4.41. The summed E-state index contributed by atoms with van der Waals surface area (Å²) in [4.78, 5) is 38.5. The molecule has 4 rings (SSSR count). The number of amides is 5. The van der Waals surface area contributed by atoms with Crippen molar-refractivity contribution in [1.29, 1.82) is 0 Å². The highest BCUT2D eigenvalue weighted by Crippen LogP contribution is 2.35. The van der Waals surface area contributed by atoms with Gasteiger partial charge < -0.3 is 16.0 Å². The Morgan fingerprint density at radius 3 is 2.48 bits per heavy atom. The first kappa shape index (κ1) is 20.9. The lowest BCUT2D eigenvalue weighted by molar-refractivity contribution is -0.131. The zero-order chi connectivity index (χ0) is 21.7. The van der Waals surface area contributed by atoms with Crippen LogP contribution in [0, 0.1) is 0 Å². The van der Waals surface area contributed by atoms with Crippen molar-refractivity contribution in [3.8, 4) is 0 Å². The van der Waals surface area contributed by atoms with Gasteiger partial charge in [0.2, 0.25) is 0 Å². The summed E-state index contributed by atoms with van der Waals surface area (Å²) in [5, 5.41) is 8.60. The Morgan fingerprint density at radius 2 is 1.71 bits per heavy atom. The maximum absolute atomic E-state index is 12.6. The van der Waals surface area contributed by atoms with Crippen LogP contribution >= 0.6 is 0 Å². The Morgan fingerprint density at radius 1 is 1.00 bits per heavy atom. The third-order valence-electron chi connectivity index (χ3n) is 6.05. The molecule has 2 aromatic rings. The summed E-state index contributed by atoms with van der Waals surface area (Å²) in [5.41, 5.74) is 2.29. The third kappa shape index (κ3) is 4.71. The molecule has 2 fully saturated rings. The third-order valence-corrected chi connectivity index (χ3v) is 6.05. The first-order valence-corrected chi connectivity index (χ1v) is 10.9. The molecule has 7 heteroatoms. The number of benzene rings is 2. The van der Waals surface area contributed by atoms with Gasteiger partial charge in [0.1, 0.15) is 5.54 Å². The van der Waals surface area contributed by atoms with Crippen LogP contribution in [0.15, 0.2) is 54.6 Å². The topological polar surface area (TPSA) is 90.5 Å². The predicted molar refractivity (Wildman–Crippen MR) is 119 cm³/mol. The van der Waals surface area contributed by atoms with Gasteiger partial charge >= 0.3 is 12.1 Å². The van der Waals surface area contributed by atoms with Crippen LogP contribution in [0.3, 0.4) is 0 Å². The summed E-state index contributed by atoms with van der Waals surface area (Å²) in [6.45, 7) is 0.675. The van der Waals surface area contributed by atoms with Gasteiger partial charge in [0.05, 0.1) is 0 Å². The van der Waals surface area contributed by atoms with Crippen molar-refractivity contribution in [1.82, 2.24) is 15.5 Å². The Balaban J connectivity index is 1.25. The Bertz CT molecular complexity index is 954. The maximum atomic E-state index is 12.6. The number of hydrogen-bond donors (Lipinski definition) is 3. The molecule has 162 valence electrons.